The molecule has 2 aromatic carbocycles. The molecule has 2 aromatic rings. The van der Waals surface area contributed by atoms with Crippen molar-refractivity contribution in [3.05, 3.63) is 50.5 Å². The average Bonchev–Trinajstić information content (AvgIpc) is 2.55. The smallest absolute Gasteiger partial charge is 0.262 e. The van der Waals surface area contributed by atoms with Gasteiger partial charge in [-0.2, -0.15) is 0 Å². The van der Waals surface area contributed by atoms with Crippen LogP contribution in [0.4, 0.5) is 5.69 Å². The minimum atomic E-state index is -0.256. The van der Waals surface area contributed by atoms with E-state index in [9.17, 15) is 4.79 Å². The average molecular weight is 413 g/mol. The summed E-state index contributed by atoms with van der Waals surface area (Å²) in [6.45, 7) is 5.89. The molecule has 0 unspecified atom stereocenters. The number of carbonyl (C=O) groups is 1. The van der Waals surface area contributed by atoms with Gasteiger partial charge in [0.05, 0.1) is 12.1 Å². The van der Waals surface area contributed by atoms with E-state index in [1.807, 2.05) is 26.8 Å². The van der Waals surface area contributed by atoms with Crippen LogP contribution in [0.2, 0.25) is 5.02 Å². The van der Waals surface area contributed by atoms with Crippen LogP contribution in [0.15, 0.2) is 28.7 Å². The highest BCUT2D eigenvalue weighted by molar-refractivity contribution is 9.10. The SMILES string of the molecule is COc1ccc(NC(=O)COc2cc(C)c(Br)c(C)c2C)cc1Cl. The molecule has 0 fully saturated rings. The number of carbonyl (C=O) groups excluding carboxylic acids is 1. The van der Waals surface area contributed by atoms with Crippen molar-refractivity contribution in [3.8, 4) is 11.5 Å². The third-order valence-corrected chi connectivity index (χ3v) is 5.27. The van der Waals surface area contributed by atoms with Gasteiger partial charge in [0.25, 0.3) is 5.91 Å². The van der Waals surface area contributed by atoms with E-state index in [2.05, 4.69) is 21.2 Å². The molecule has 0 radical (unpaired) electrons. The van der Waals surface area contributed by atoms with Gasteiger partial charge in [0.2, 0.25) is 0 Å². The highest BCUT2D eigenvalue weighted by Crippen LogP contribution is 2.31. The van der Waals surface area contributed by atoms with Gasteiger partial charge in [-0.05, 0) is 61.7 Å². The molecule has 1 amide bonds. The second kappa shape index (κ2) is 7.90. The Balaban J connectivity index is 2.03. The molecule has 0 aliphatic heterocycles. The van der Waals surface area contributed by atoms with Crippen molar-refractivity contribution in [1.29, 1.82) is 0 Å². The van der Waals surface area contributed by atoms with Crippen molar-refractivity contribution < 1.29 is 14.3 Å². The van der Waals surface area contributed by atoms with Gasteiger partial charge in [0, 0.05) is 10.2 Å². The van der Waals surface area contributed by atoms with Crippen molar-refractivity contribution in [2.75, 3.05) is 19.0 Å². The highest BCUT2D eigenvalue weighted by Gasteiger charge is 2.11. The highest BCUT2D eigenvalue weighted by atomic mass is 79.9. The van der Waals surface area contributed by atoms with Crippen LogP contribution >= 0.6 is 27.5 Å². The first kappa shape index (κ1) is 18.6. The second-order valence-corrected chi connectivity index (χ2v) is 6.64. The minimum absolute atomic E-state index is 0.0784. The first-order valence-corrected chi connectivity index (χ1v) is 8.53. The number of halogens is 2. The molecule has 128 valence electrons. The molecule has 6 heteroatoms. The van der Waals surface area contributed by atoms with Crippen LogP contribution in [0.25, 0.3) is 0 Å². The largest absolute Gasteiger partial charge is 0.495 e. The number of rotatable bonds is 5. The lowest BCUT2D eigenvalue weighted by Gasteiger charge is -2.14. The van der Waals surface area contributed by atoms with Gasteiger partial charge < -0.3 is 14.8 Å². The Bertz CT molecular complexity index is 777. The molecular weight excluding hydrogens is 394 g/mol. The molecule has 0 saturated heterocycles. The summed E-state index contributed by atoms with van der Waals surface area (Å²) < 4.78 is 11.8. The molecule has 0 atom stereocenters. The zero-order valence-electron chi connectivity index (χ0n) is 14.0. The van der Waals surface area contributed by atoms with Crippen molar-refractivity contribution in [2.24, 2.45) is 0 Å². The van der Waals surface area contributed by atoms with Crippen LogP contribution < -0.4 is 14.8 Å². The van der Waals surface area contributed by atoms with Crippen LogP contribution in [0.3, 0.4) is 0 Å². The van der Waals surface area contributed by atoms with Crippen LogP contribution in [0.1, 0.15) is 16.7 Å². The summed E-state index contributed by atoms with van der Waals surface area (Å²) >= 11 is 9.59. The number of benzene rings is 2. The first-order chi connectivity index (χ1) is 11.3. The maximum Gasteiger partial charge on any atom is 0.262 e. The molecule has 0 aromatic heterocycles. The van der Waals surface area contributed by atoms with Gasteiger partial charge in [-0.25, -0.2) is 0 Å². The molecule has 0 saturated carbocycles. The van der Waals surface area contributed by atoms with Crippen LogP contribution in [-0.4, -0.2) is 19.6 Å². The summed E-state index contributed by atoms with van der Waals surface area (Å²) in [5.74, 6) is 1.01. The molecule has 0 bridgehead atoms. The van der Waals surface area contributed by atoms with E-state index >= 15 is 0 Å². The van der Waals surface area contributed by atoms with Gasteiger partial charge in [-0.3, -0.25) is 4.79 Å². The molecule has 2 rings (SSSR count). The zero-order valence-corrected chi connectivity index (χ0v) is 16.3. The van der Waals surface area contributed by atoms with E-state index < -0.39 is 0 Å². The van der Waals surface area contributed by atoms with E-state index in [0.29, 0.717) is 22.2 Å². The third-order valence-electron chi connectivity index (χ3n) is 3.75. The van der Waals surface area contributed by atoms with Crippen molar-refractivity contribution >= 4 is 39.1 Å². The third kappa shape index (κ3) is 4.22. The number of ether oxygens (including phenoxy) is 2. The van der Waals surface area contributed by atoms with Gasteiger partial charge in [0.15, 0.2) is 6.61 Å². The fourth-order valence-corrected chi connectivity index (χ4v) is 2.92. The summed E-state index contributed by atoms with van der Waals surface area (Å²) in [7, 11) is 1.54. The Labute approximate surface area is 155 Å². The second-order valence-electron chi connectivity index (χ2n) is 5.44. The Morgan fingerprint density at radius 2 is 1.88 bits per heavy atom. The first-order valence-electron chi connectivity index (χ1n) is 7.36. The van der Waals surface area contributed by atoms with Gasteiger partial charge >= 0.3 is 0 Å². The number of hydrogen-bond donors (Lipinski definition) is 1. The molecular formula is C18H19BrClNO3. The van der Waals surface area contributed by atoms with E-state index in [4.69, 9.17) is 21.1 Å². The molecule has 1 N–H and O–H groups in total. The Morgan fingerprint density at radius 1 is 1.17 bits per heavy atom. The molecule has 0 aliphatic carbocycles. The van der Waals surface area contributed by atoms with E-state index in [1.165, 1.54) is 7.11 Å². The topological polar surface area (TPSA) is 47.6 Å². The minimum Gasteiger partial charge on any atom is -0.495 e. The van der Waals surface area contributed by atoms with Gasteiger partial charge in [0.1, 0.15) is 11.5 Å². The quantitative estimate of drug-likeness (QED) is 0.747. The van der Waals surface area contributed by atoms with Gasteiger partial charge in [-0.15, -0.1) is 0 Å². The van der Waals surface area contributed by atoms with E-state index in [-0.39, 0.29) is 12.5 Å². The summed E-state index contributed by atoms with van der Waals surface area (Å²) in [6.07, 6.45) is 0. The summed E-state index contributed by atoms with van der Waals surface area (Å²) in [6, 6.07) is 6.98. The molecule has 0 aliphatic rings. The monoisotopic (exact) mass is 411 g/mol. The Hall–Kier alpha value is -1.72. The summed E-state index contributed by atoms with van der Waals surface area (Å²) in [5.41, 5.74) is 3.77. The van der Waals surface area contributed by atoms with Gasteiger partial charge in [-0.1, -0.05) is 27.5 Å². The number of anilines is 1. The van der Waals surface area contributed by atoms with E-state index in [1.54, 1.807) is 18.2 Å². The number of amides is 1. The zero-order chi connectivity index (χ0) is 17.9. The van der Waals surface area contributed by atoms with Crippen molar-refractivity contribution in [2.45, 2.75) is 20.8 Å². The predicted octanol–water partition coefficient (Wildman–Crippen LogP) is 5.05. The lowest BCUT2D eigenvalue weighted by Crippen LogP contribution is -2.20. The Kier molecular flexibility index (Phi) is 6.13. The Morgan fingerprint density at radius 3 is 2.50 bits per heavy atom. The standard InChI is InChI=1S/C18H19BrClNO3/c1-10-7-16(11(2)12(3)18(10)19)24-9-17(22)21-13-5-6-15(23-4)14(20)8-13/h5-8H,9H2,1-4H3,(H,21,22). The van der Waals surface area contributed by atoms with Crippen molar-refractivity contribution in [3.63, 3.8) is 0 Å². The van der Waals surface area contributed by atoms with E-state index in [0.717, 1.165) is 21.2 Å². The lowest BCUT2D eigenvalue weighted by atomic mass is 10.1. The number of hydrogen-bond acceptors (Lipinski definition) is 3. The molecule has 0 spiro atoms. The van der Waals surface area contributed by atoms with Crippen LogP contribution in [0, 0.1) is 20.8 Å². The fourth-order valence-electron chi connectivity index (χ4n) is 2.25. The van der Waals surface area contributed by atoms with Crippen molar-refractivity contribution in [1.82, 2.24) is 0 Å². The fraction of sp³-hybridized carbons (Fsp3) is 0.278. The number of methoxy groups -OCH3 is 1. The van der Waals surface area contributed by atoms with Crippen LogP contribution in [0.5, 0.6) is 11.5 Å². The predicted molar refractivity (Wildman–Crippen MR) is 100 cm³/mol. The number of nitrogens with one attached hydrogen (secondary N) is 1. The normalized spacial score (nSPS) is 10.4. The molecule has 4 nitrogen and oxygen atoms in total. The van der Waals surface area contributed by atoms with Crippen LogP contribution in [-0.2, 0) is 4.79 Å². The molecule has 24 heavy (non-hydrogen) atoms. The maximum atomic E-state index is 12.1. The number of aryl methyl sites for hydroxylation is 1. The summed E-state index contributed by atoms with van der Waals surface area (Å²) in [4.78, 5) is 12.1. The summed E-state index contributed by atoms with van der Waals surface area (Å²) in [5, 5.41) is 3.19. The lowest BCUT2D eigenvalue weighted by molar-refractivity contribution is -0.118. The molecule has 0 heterocycles. The maximum absolute atomic E-state index is 12.1.